The molecule has 0 amide bonds. The topological polar surface area (TPSA) is 74.6 Å². The van der Waals surface area contributed by atoms with Crippen molar-refractivity contribution in [2.24, 2.45) is 0 Å². The van der Waals surface area contributed by atoms with Crippen LogP contribution in [0.4, 0.5) is 0 Å². The van der Waals surface area contributed by atoms with Crippen LogP contribution in [-0.2, 0) is 32.0 Å². The van der Waals surface area contributed by atoms with Gasteiger partial charge in [0.05, 0.1) is 0 Å². The van der Waals surface area contributed by atoms with Gasteiger partial charge in [-0.3, -0.25) is 0 Å². The molecule has 0 aliphatic rings. The van der Waals surface area contributed by atoms with E-state index in [9.17, 15) is 9.59 Å². The Balaban J connectivity index is -0.0000000454. The zero-order valence-corrected chi connectivity index (χ0v) is 18.3. The third-order valence-electron chi connectivity index (χ3n) is 1.79. The maximum absolute atomic E-state index is 9.60. The molecule has 0 heterocycles. The second-order valence-corrected chi connectivity index (χ2v) is 4.73. The summed E-state index contributed by atoms with van der Waals surface area (Å²) in [7, 11) is 0. The van der Waals surface area contributed by atoms with Crippen LogP contribution >= 0.6 is 0 Å². The van der Waals surface area contributed by atoms with E-state index in [1.54, 1.807) is 0 Å². The largest absolute Gasteiger partial charge is 0.478 e. The maximum Gasteiger partial charge on any atom is 0.330 e. The van der Waals surface area contributed by atoms with Gasteiger partial charge in [-0.15, -0.1) is 0 Å². The van der Waals surface area contributed by atoms with E-state index in [0.29, 0.717) is 0 Å². The summed E-state index contributed by atoms with van der Waals surface area (Å²) in [6.45, 7) is 26.4. The molecular weight excluding hydrogens is 412 g/mol. The van der Waals surface area contributed by atoms with Crippen LogP contribution in [0.3, 0.4) is 0 Å². The summed E-state index contributed by atoms with van der Waals surface area (Å²) in [6, 6.07) is 0. The molecule has 0 saturated carbocycles. The molecule has 4 nitrogen and oxygen atoms in total. The van der Waals surface area contributed by atoms with Crippen LogP contribution in [0.25, 0.3) is 0 Å². The van der Waals surface area contributed by atoms with Gasteiger partial charge in [-0.05, 0) is 13.8 Å². The molecule has 0 unspecified atom stereocenters. The number of rotatable bonds is 5. The molecule has 0 saturated heterocycles. The number of carboxylic acid groups (broad SMARTS) is 2. The van der Waals surface area contributed by atoms with Gasteiger partial charge in [0.2, 0.25) is 0 Å². The molecule has 0 aromatic rings. The minimum absolute atomic E-state index is 0. The molecule has 2 N–H and O–H groups in total. The summed E-state index contributed by atoms with van der Waals surface area (Å²) in [5.74, 6) is -1.87. The predicted octanol–water partition coefficient (Wildman–Crippen LogP) is 6.15. The summed E-state index contributed by atoms with van der Waals surface area (Å²) in [4.78, 5) is 19.2. The number of hydrogen-bond donors (Lipinski definition) is 2. The monoisotopic (exact) mass is 450 g/mol. The van der Waals surface area contributed by atoms with Crippen LogP contribution in [-0.4, -0.2) is 22.2 Å². The fourth-order valence-corrected chi connectivity index (χ4v) is 0. The van der Waals surface area contributed by atoms with Crippen LogP contribution in [0.5, 0.6) is 0 Å². The Morgan fingerprint density at radius 3 is 0.800 bits per heavy atom. The molecule has 0 aromatic carbocycles. The van der Waals surface area contributed by atoms with Gasteiger partial charge in [-0.25, -0.2) is 9.59 Å². The van der Waals surface area contributed by atoms with E-state index in [2.05, 4.69) is 54.7 Å². The molecule has 0 fully saturated rings. The molecule has 0 spiro atoms. The van der Waals surface area contributed by atoms with Gasteiger partial charge in [0.1, 0.15) is 0 Å². The van der Waals surface area contributed by atoms with Crippen LogP contribution < -0.4 is 0 Å². The Kier molecular flexibility index (Phi) is 60.7. The molecule has 0 aliphatic heterocycles. The Hall–Kier alpha value is -0.840. The maximum atomic E-state index is 9.60. The first-order chi connectivity index (χ1) is 11.0. The van der Waals surface area contributed by atoms with E-state index in [1.165, 1.54) is 33.1 Å². The minimum Gasteiger partial charge on any atom is -0.478 e. The normalized spacial score (nSPS) is 7.20. The SMILES string of the molecule is C=C(C)C(=O)O.C=C(C)C(=O)O.[Ag].[CH2-]CCC.[CH2-]CCC.[CH2-]CCC. The van der Waals surface area contributed by atoms with E-state index < -0.39 is 11.9 Å². The van der Waals surface area contributed by atoms with Gasteiger partial charge in [0, 0.05) is 33.5 Å². The van der Waals surface area contributed by atoms with Crippen molar-refractivity contribution < 1.29 is 42.2 Å². The molecule has 25 heavy (non-hydrogen) atoms. The molecule has 0 aliphatic carbocycles. The van der Waals surface area contributed by atoms with Crippen LogP contribution in [0, 0.1) is 20.8 Å². The minimum atomic E-state index is -0.935. The summed E-state index contributed by atoms with van der Waals surface area (Å²) >= 11 is 0. The first-order valence-electron chi connectivity index (χ1n) is 8.18. The van der Waals surface area contributed by atoms with Crippen molar-refractivity contribution >= 4 is 11.9 Å². The van der Waals surface area contributed by atoms with Crippen molar-refractivity contribution in [3.8, 4) is 0 Å². The van der Waals surface area contributed by atoms with Gasteiger partial charge in [0.25, 0.3) is 0 Å². The average Bonchev–Trinajstić information content (AvgIpc) is 2.55. The van der Waals surface area contributed by atoms with Crippen LogP contribution in [0.2, 0.25) is 0 Å². The molecule has 5 heteroatoms. The first kappa shape index (κ1) is 39.3. The van der Waals surface area contributed by atoms with Gasteiger partial charge >= 0.3 is 11.9 Å². The Labute approximate surface area is 172 Å². The van der Waals surface area contributed by atoms with E-state index in [4.69, 9.17) is 10.2 Å². The fourth-order valence-electron chi connectivity index (χ4n) is 0. The van der Waals surface area contributed by atoms with E-state index >= 15 is 0 Å². The Morgan fingerprint density at radius 2 is 0.800 bits per heavy atom. The molecule has 0 bridgehead atoms. The van der Waals surface area contributed by atoms with Gasteiger partial charge in [-0.2, -0.15) is 19.3 Å². The summed E-state index contributed by atoms with van der Waals surface area (Å²) in [5, 5.41) is 15.8. The summed E-state index contributed by atoms with van der Waals surface area (Å²) in [5.41, 5.74) is 0.352. The first-order valence-corrected chi connectivity index (χ1v) is 8.18. The molecule has 0 atom stereocenters. The average molecular weight is 451 g/mol. The van der Waals surface area contributed by atoms with Crippen molar-refractivity contribution in [3.63, 3.8) is 0 Å². The quantitative estimate of drug-likeness (QED) is 0.299. The second-order valence-electron chi connectivity index (χ2n) is 4.73. The van der Waals surface area contributed by atoms with Crippen molar-refractivity contribution in [2.45, 2.75) is 73.1 Å². The van der Waals surface area contributed by atoms with Crippen LogP contribution in [0.1, 0.15) is 73.1 Å². The molecule has 1 radical (unpaired) electrons. The molecule has 157 valence electrons. The van der Waals surface area contributed by atoms with Crippen molar-refractivity contribution in [1.82, 2.24) is 0 Å². The van der Waals surface area contributed by atoms with E-state index in [-0.39, 0.29) is 33.5 Å². The summed E-state index contributed by atoms with van der Waals surface area (Å²) in [6.07, 6.45) is 6.83. The van der Waals surface area contributed by atoms with Gasteiger partial charge < -0.3 is 31.0 Å². The van der Waals surface area contributed by atoms with Crippen molar-refractivity contribution in [2.75, 3.05) is 0 Å². The van der Waals surface area contributed by atoms with E-state index in [1.807, 2.05) is 0 Å². The van der Waals surface area contributed by atoms with Gasteiger partial charge in [0.15, 0.2) is 0 Å². The van der Waals surface area contributed by atoms with Gasteiger partial charge in [-0.1, -0.05) is 53.2 Å². The molecule has 0 rings (SSSR count). The Bertz CT molecular complexity index is 237. The third-order valence-corrected chi connectivity index (χ3v) is 1.79. The predicted molar refractivity (Wildman–Crippen MR) is 106 cm³/mol. The van der Waals surface area contributed by atoms with Crippen molar-refractivity contribution in [1.29, 1.82) is 0 Å². The zero-order valence-electron chi connectivity index (χ0n) is 16.8. The smallest absolute Gasteiger partial charge is 0.330 e. The van der Waals surface area contributed by atoms with Crippen LogP contribution in [0.15, 0.2) is 24.3 Å². The van der Waals surface area contributed by atoms with E-state index in [0.717, 1.165) is 19.3 Å². The second kappa shape index (κ2) is 38.6. The number of aliphatic carboxylic acids is 2. The number of hydrogen-bond acceptors (Lipinski definition) is 2. The Morgan fingerprint density at radius 1 is 0.720 bits per heavy atom. The number of carboxylic acids is 2. The number of unbranched alkanes of at least 4 members (excludes halogenated alkanes) is 3. The number of carbonyl (C=O) groups is 2. The summed E-state index contributed by atoms with van der Waals surface area (Å²) < 4.78 is 0. The molecular formula is C20H39AgO4-3. The fraction of sp³-hybridized carbons (Fsp3) is 0.550. The molecule has 0 aromatic heterocycles. The zero-order chi connectivity index (χ0) is 20.6. The van der Waals surface area contributed by atoms with Crippen molar-refractivity contribution in [3.05, 3.63) is 45.1 Å². The standard InChI is InChI=1S/2C4H6O2.3C4H9.Ag/c2*1-3(2)4(5)6;3*1-3-4-2;/h2*1H2,2H3,(H,5,6);3*1,3-4H2,2H3;/q;;3*-1;. The third kappa shape index (κ3) is 100.